The van der Waals surface area contributed by atoms with Crippen LogP contribution in [0.4, 0.5) is 14.5 Å². The minimum absolute atomic E-state index is 0.0815. The molecule has 13 heteroatoms. The molecular weight excluding hydrogens is 482 g/mol. The van der Waals surface area contributed by atoms with Crippen LogP contribution in [0.1, 0.15) is 19.7 Å². The van der Waals surface area contributed by atoms with Crippen molar-refractivity contribution >= 4 is 21.4 Å². The standard InChI is InChI=1S/C22H18F2N6O4S/c1-22(2,31)9-8-20-27-26-19-7-5-16(28-30(19)20)13-10-17(21(34-3)25-12-13)29-35(32,33)18-6-4-14(23)11-15(18)24/h4-7,10-12,29,31H,1-3H3. The maximum Gasteiger partial charge on any atom is 0.264 e. The molecule has 0 radical (unpaired) electrons. The molecule has 0 amide bonds. The summed E-state index contributed by atoms with van der Waals surface area (Å²) in [5, 5.41) is 22.2. The van der Waals surface area contributed by atoms with Crippen molar-refractivity contribution in [1.82, 2.24) is 24.8 Å². The quantitative estimate of drug-likeness (QED) is 0.400. The molecule has 0 spiro atoms. The second kappa shape index (κ2) is 8.90. The fourth-order valence-electron chi connectivity index (χ4n) is 2.95. The minimum atomic E-state index is -4.45. The second-order valence-electron chi connectivity index (χ2n) is 7.78. The molecule has 0 aliphatic rings. The monoisotopic (exact) mass is 500 g/mol. The van der Waals surface area contributed by atoms with Crippen molar-refractivity contribution in [3.05, 3.63) is 60.1 Å². The SMILES string of the molecule is COc1ncc(-c2ccc3nnc(C#CC(C)(C)O)n3n2)cc1NS(=O)(=O)c1ccc(F)cc1F. The van der Waals surface area contributed by atoms with Crippen molar-refractivity contribution < 1.29 is 27.0 Å². The highest BCUT2D eigenvalue weighted by atomic mass is 32.2. The van der Waals surface area contributed by atoms with Gasteiger partial charge in [-0.2, -0.15) is 9.61 Å². The number of hydrogen-bond donors (Lipinski definition) is 2. The van der Waals surface area contributed by atoms with Gasteiger partial charge in [0.15, 0.2) is 5.65 Å². The number of halogens is 2. The lowest BCUT2D eigenvalue weighted by atomic mass is 10.1. The number of ether oxygens (including phenoxy) is 1. The summed E-state index contributed by atoms with van der Waals surface area (Å²) in [7, 11) is -3.16. The van der Waals surface area contributed by atoms with Crippen molar-refractivity contribution in [3.8, 4) is 29.0 Å². The highest BCUT2D eigenvalue weighted by Crippen LogP contribution is 2.30. The van der Waals surface area contributed by atoms with E-state index in [1.165, 1.54) is 37.7 Å². The van der Waals surface area contributed by atoms with Gasteiger partial charge in [0, 0.05) is 17.8 Å². The number of methoxy groups -OCH3 is 1. The van der Waals surface area contributed by atoms with E-state index in [1.54, 1.807) is 12.1 Å². The van der Waals surface area contributed by atoms with Crippen LogP contribution in [-0.4, -0.2) is 51.0 Å². The van der Waals surface area contributed by atoms with Gasteiger partial charge in [0.25, 0.3) is 10.0 Å². The first-order valence-corrected chi connectivity index (χ1v) is 11.5. The molecule has 0 bridgehead atoms. The Bertz CT molecular complexity index is 1600. The van der Waals surface area contributed by atoms with Crippen LogP contribution >= 0.6 is 0 Å². The van der Waals surface area contributed by atoms with Gasteiger partial charge >= 0.3 is 0 Å². The molecule has 0 fully saturated rings. The zero-order valence-corrected chi connectivity index (χ0v) is 19.4. The van der Waals surface area contributed by atoms with Gasteiger partial charge in [-0.15, -0.1) is 10.2 Å². The van der Waals surface area contributed by atoms with Gasteiger partial charge in [-0.25, -0.2) is 22.2 Å². The Balaban J connectivity index is 1.75. The molecule has 0 aliphatic heterocycles. The zero-order chi connectivity index (χ0) is 25.4. The molecule has 0 aliphatic carbocycles. The molecule has 35 heavy (non-hydrogen) atoms. The molecule has 4 rings (SSSR count). The molecule has 1 aromatic carbocycles. The molecule has 0 saturated carbocycles. The van der Waals surface area contributed by atoms with Crippen LogP contribution in [0.2, 0.25) is 0 Å². The van der Waals surface area contributed by atoms with Gasteiger partial charge in [-0.3, -0.25) is 4.72 Å². The maximum absolute atomic E-state index is 14.1. The van der Waals surface area contributed by atoms with Crippen LogP contribution in [0, 0.1) is 23.5 Å². The van der Waals surface area contributed by atoms with Crippen LogP contribution in [-0.2, 0) is 10.0 Å². The third-order valence-electron chi connectivity index (χ3n) is 4.51. The summed E-state index contributed by atoms with van der Waals surface area (Å²) in [4.78, 5) is 3.36. The molecule has 3 heterocycles. The average molecular weight is 500 g/mol. The largest absolute Gasteiger partial charge is 0.480 e. The van der Waals surface area contributed by atoms with Crippen molar-refractivity contribution in [1.29, 1.82) is 0 Å². The normalized spacial score (nSPS) is 11.7. The first-order chi connectivity index (χ1) is 16.5. The summed E-state index contributed by atoms with van der Waals surface area (Å²) in [5.41, 5.74) is -0.226. The summed E-state index contributed by atoms with van der Waals surface area (Å²) in [5.74, 6) is 3.28. The number of nitrogens with zero attached hydrogens (tertiary/aromatic N) is 5. The summed E-state index contributed by atoms with van der Waals surface area (Å²) >= 11 is 0. The van der Waals surface area contributed by atoms with Crippen molar-refractivity contribution in [2.75, 3.05) is 11.8 Å². The third kappa shape index (κ3) is 5.18. The molecule has 0 atom stereocenters. The van der Waals surface area contributed by atoms with Gasteiger partial charge in [-0.05, 0) is 50.1 Å². The Labute approximate surface area is 198 Å². The predicted octanol–water partition coefficient (Wildman–Crippen LogP) is 2.40. The van der Waals surface area contributed by atoms with Gasteiger partial charge in [0.1, 0.15) is 27.8 Å². The first-order valence-electron chi connectivity index (χ1n) is 9.97. The Hall–Kier alpha value is -4.15. The van der Waals surface area contributed by atoms with Crippen LogP contribution < -0.4 is 9.46 Å². The number of rotatable bonds is 5. The molecule has 3 aromatic heterocycles. The van der Waals surface area contributed by atoms with E-state index in [-0.39, 0.29) is 17.4 Å². The molecule has 180 valence electrons. The Morgan fingerprint density at radius 2 is 1.91 bits per heavy atom. The van der Waals surface area contributed by atoms with E-state index in [0.717, 1.165) is 12.1 Å². The fraction of sp³-hybridized carbons (Fsp3) is 0.182. The Morgan fingerprint density at radius 1 is 1.14 bits per heavy atom. The van der Waals surface area contributed by atoms with E-state index in [4.69, 9.17) is 4.74 Å². The van der Waals surface area contributed by atoms with E-state index in [0.29, 0.717) is 23.0 Å². The topological polar surface area (TPSA) is 132 Å². The summed E-state index contributed by atoms with van der Waals surface area (Å²) in [6.45, 7) is 3.04. The highest BCUT2D eigenvalue weighted by Gasteiger charge is 2.22. The van der Waals surface area contributed by atoms with Crippen LogP contribution in [0.5, 0.6) is 5.88 Å². The smallest absolute Gasteiger partial charge is 0.264 e. The molecule has 2 N–H and O–H groups in total. The van der Waals surface area contributed by atoms with Gasteiger partial charge in [-0.1, -0.05) is 5.92 Å². The number of anilines is 1. The predicted molar refractivity (Wildman–Crippen MR) is 121 cm³/mol. The lowest BCUT2D eigenvalue weighted by Crippen LogP contribution is -2.16. The first kappa shape index (κ1) is 24.0. The molecule has 0 saturated heterocycles. The molecular formula is C22H18F2N6O4S. The van der Waals surface area contributed by atoms with Gasteiger partial charge < -0.3 is 9.84 Å². The lowest BCUT2D eigenvalue weighted by molar-refractivity contribution is 0.143. The number of nitrogens with one attached hydrogen (secondary N) is 1. The zero-order valence-electron chi connectivity index (χ0n) is 18.6. The highest BCUT2D eigenvalue weighted by molar-refractivity contribution is 7.92. The number of sulfonamides is 1. The summed E-state index contributed by atoms with van der Waals surface area (Å²) in [6, 6.07) is 6.74. The maximum atomic E-state index is 14.1. The lowest BCUT2D eigenvalue weighted by Gasteiger charge is -2.13. The number of aliphatic hydroxyl groups is 1. The summed E-state index contributed by atoms with van der Waals surface area (Å²) < 4.78 is 61.6. The van der Waals surface area contributed by atoms with E-state index in [9.17, 15) is 22.3 Å². The number of fused-ring (bicyclic) bond motifs is 1. The number of benzene rings is 1. The van der Waals surface area contributed by atoms with Crippen LogP contribution in [0.3, 0.4) is 0 Å². The van der Waals surface area contributed by atoms with E-state index < -0.39 is 32.2 Å². The minimum Gasteiger partial charge on any atom is -0.480 e. The summed E-state index contributed by atoms with van der Waals surface area (Å²) in [6.07, 6.45) is 1.40. The Morgan fingerprint density at radius 3 is 2.60 bits per heavy atom. The van der Waals surface area contributed by atoms with Crippen molar-refractivity contribution in [2.24, 2.45) is 0 Å². The van der Waals surface area contributed by atoms with E-state index in [2.05, 4.69) is 36.8 Å². The van der Waals surface area contributed by atoms with Crippen molar-refractivity contribution in [2.45, 2.75) is 24.3 Å². The second-order valence-corrected chi connectivity index (χ2v) is 9.43. The Kier molecular flexibility index (Phi) is 6.10. The van der Waals surface area contributed by atoms with E-state index in [1.807, 2.05) is 0 Å². The number of hydrogen-bond acceptors (Lipinski definition) is 8. The van der Waals surface area contributed by atoms with Gasteiger partial charge in [0.2, 0.25) is 11.7 Å². The average Bonchev–Trinajstić information content (AvgIpc) is 3.19. The molecule has 0 unspecified atom stereocenters. The van der Waals surface area contributed by atoms with Crippen LogP contribution in [0.15, 0.2) is 47.5 Å². The van der Waals surface area contributed by atoms with E-state index >= 15 is 0 Å². The van der Waals surface area contributed by atoms with Gasteiger partial charge in [0.05, 0.1) is 12.8 Å². The van der Waals surface area contributed by atoms with Crippen molar-refractivity contribution in [3.63, 3.8) is 0 Å². The van der Waals surface area contributed by atoms with Crippen LogP contribution in [0.25, 0.3) is 16.9 Å². The molecule has 4 aromatic rings. The number of aromatic nitrogens is 5. The fourth-order valence-corrected chi connectivity index (χ4v) is 4.06. The third-order valence-corrected chi connectivity index (χ3v) is 5.91. The number of pyridine rings is 1. The molecule has 10 nitrogen and oxygen atoms in total.